The van der Waals surface area contributed by atoms with Gasteiger partial charge in [-0.1, -0.05) is 24.3 Å². The van der Waals surface area contributed by atoms with E-state index in [2.05, 4.69) is 52.5 Å². The predicted octanol–water partition coefficient (Wildman–Crippen LogP) is -4.14. The number of likely N-dealkylation sites (N-methyl/N-ethyl adjacent to an activating group) is 2. The summed E-state index contributed by atoms with van der Waals surface area (Å²) in [7, 11) is 9.20. The fourth-order valence-corrected chi connectivity index (χ4v) is 2.44. The van der Waals surface area contributed by atoms with E-state index in [4.69, 9.17) is 0 Å². The maximum atomic E-state index is 2.38. The van der Waals surface area contributed by atoms with Crippen LogP contribution in [-0.4, -0.2) is 50.2 Å². The zero-order valence-electron chi connectivity index (χ0n) is 11.8. The molecule has 2 nitrogen and oxygen atoms in total. The molecule has 0 unspecified atom stereocenters. The minimum absolute atomic E-state index is 0. The zero-order chi connectivity index (χ0) is 11.8. The predicted molar refractivity (Wildman–Crippen MR) is 67.8 cm³/mol. The summed E-state index contributed by atoms with van der Waals surface area (Å²) in [5, 5.41) is 0. The summed E-state index contributed by atoms with van der Waals surface area (Å²) < 4.78 is 2.24. The van der Waals surface area contributed by atoms with Crippen LogP contribution in [0, 0.1) is 0 Å². The molecule has 0 radical (unpaired) electrons. The molecule has 0 atom stereocenters. The molecule has 18 heavy (non-hydrogen) atoms. The van der Waals surface area contributed by atoms with E-state index in [1.807, 2.05) is 0 Å². The third-order valence-corrected chi connectivity index (χ3v) is 3.53. The number of quaternary nitrogens is 2. The molecule has 1 aromatic carbocycles. The van der Waals surface area contributed by atoms with Crippen LogP contribution >= 0.6 is 0 Å². The summed E-state index contributed by atoms with van der Waals surface area (Å²) in [6.07, 6.45) is 0. The van der Waals surface area contributed by atoms with Crippen LogP contribution < -0.4 is 48.0 Å². The normalized spacial score (nSPS) is 16.4. The molecule has 0 spiro atoms. The first-order chi connectivity index (χ1) is 7.38. The average molecular weight is 474 g/mol. The van der Waals surface area contributed by atoms with Gasteiger partial charge < -0.3 is 56.9 Å². The maximum Gasteiger partial charge on any atom is 0.129 e. The molecule has 4 heteroatoms. The summed E-state index contributed by atoms with van der Waals surface area (Å²) >= 11 is 0. The van der Waals surface area contributed by atoms with E-state index in [1.54, 1.807) is 11.1 Å². The summed E-state index contributed by atoms with van der Waals surface area (Å²) in [6.45, 7) is 4.91. The average Bonchev–Trinajstić information content (AvgIpc) is 2.51. The second-order valence-corrected chi connectivity index (χ2v) is 6.44. The lowest BCUT2D eigenvalue weighted by molar-refractivity contribution is -0.961. The highest BCUT2D eigenvalue weighted by Crippen LogP contribution is 2.27. The fourth-order valence-electron chi connectivity index (χ4n) is 2.44. The number of benzene rings is 1. The lowest BCUT2D eigenvalue weighted by atomic mass is 10.1. The molecule has 2 rings (SSSR count). The van der Waals surface area contributed by atoms with Crippen LogP contribution in [0.5, 0.6) is 0 Å². The Morgan fingerprint density at radius 3 is 1.83 bits per heavy atom. The Labute approximate surface area is 146 Å². The Morgan fingerprint density at radius 2 is 1.44 bits per heavy atom. The van der Waals surface area contributed by atoms with Crippen molar-refractivity contribution in [3.05, 3.63) is 35.4 Å². The number of halogens is 2. The number of fused-ring (bicyclic) bond motifs is 1. The molecule has 0 saturated heterocycles. The van der Waals surface area contributed by atoms with Crippen molar-refractivity contribution in [2.45, 2.75) is 13.1 Å². The van der Waals surface area contributed by atoms with Gasteiger partial charge in [-0.3, -0.25) is 0 Å². The van der Waals surface area contributed by atoms with Gasteiger partial charge in [-0.2, -0.15) is 0 Å². The molecule has 1 aliphatic rings. The van der Waals surface area contributed by atoms with Gasteiger partial charge in [-0.05, 0) is 0 Å². The van der Waals surface area contributed by atoms with E-state index in [9.17, 15) is 0 Å². The van der Waals surface area contributed by atoms with Gasteiger partial charge in [0, 0.05) is 11.1 Å². The highest BCUT2D eigenvalue weighted by atomic mass is 127. The SMILES string of the molecule is C[N+](C)(C)CC[N+]1(C)Cc2ccccc2C1.[I-].[I-]. The minimum atomic E-state index is 0. The van der Waals surface area contributed by atoms with Crippen LogP contribution in [0.4, 0.5) is 0 Å². The van der Waals surface area contributed by atoms with Gasteiger partial charge in [-0.25, -0.2) is 0 Å². The van der Waals surface area contributed by atoms with Crippen LogP contribution in [0.25, 0.3) is 0 Å². The van der Waals surface area contributed by atoms with Crippen molar-refractivity contribution in [1.29, 1.82) is 0 Å². The summed E-state index contributed by atoms with van der Waals surface area (Å²) in [4.78, 5) is 0. The zero-order valence-corrected chi connectivity index (χ0v) is 16.1. The molecule has 1 aliphatic heterocycles. The number of rotatable bonds is 3. The van der Waals surface area contributed by atoms with Gasteiger partial charge in [0.15, 0.2) is 0 Å². The topological polar surface area (TPSA) is 0 Å². The Kier molecular flexibility index (Phi) is 7.08. The molecule has 0 aliphatic carbocycles. The van der Waals surface area contributed by atoms with E-state index in [-0.39, 0.29) is 48.0 Å². The highest BCUT2D eigenvalue weighted by Gasteiger charge is 2.32. The Bertz CT molecular complexity index is 361. The van der Waals surface area contributed by atoms with Gasteiger partial charge in [0.1, 0.15) is 26.2 Å². The van der Waals surface area contributed by atoms with Crippen LogP contribution in [0.1, 0.15) is 11.1 Å². The Hall–Kier alpha value is 0.600. The van der Waals surface area contributed by atoms with Crippen LogP contribution in [0.15, 0.2) is 24.3 Å². The lowest BCUT2D eigenvalue weighted by Crippen LogP contribution is -3.00. The number of nitrogens with zero attached hydrogens (tertiary/aromatic N) is 2. The van der Waals surface area contributed by atoms with Crippen LogP contribution in [0.3, 0.4) is 0 Å². The second-order valence-electron chi connectivity index (χ2n) is 6.44. The molecule has 0 fully saturated rings. The van der Waals surface area contributed by atoms with E-state index < -0.39 is 0 Å². The van der Waals surface area contributed by atoms with Crippen molar-refractivity contribution >= 4 is 0 Å². The summed E-state index contributed by atoms with van der Waals surface area (Å²) in [5.41, 5.74) is 3.10. The summed E-state index contributed by atoms with van der Waals surface area (Å²) in [5.74, 6) is 0. The lowest BCUT2D eigenvalue weighted by Gasteiger charge is -2.33. The molecule has 0 bridgehead atoms. The van der Waals surface area contributed by atoms with Gasteiger partial charge in [-0.15, -0.1) is 0 Å². The molecule has 1 aromatic rings. The molecule has 0 N–H and O–H groups in total. The summed E-state index contributed by atoms with van der Waals surface area (Å²) in [6, 6.07) is 8.89. The molecule has 0 saturated carbocycles. The van der Waals surface area contributed by atoms with Crippen molar-refractivity contribution in [3.8, 4) is 0 Å². The largest absolute Gasteiger partial charge is 1.00 e. The van der Waals surface area contributed by atoms with Crippen molar-refractivity contribution in [2.75, 3.05) is 41.3 Å². The maximum absolute atomic E-state index is 2.38. The molecular formula is C14H24I2N2. The quantitative estimate of drug-likeness (QED) is 0.309. The molecule has 1 heterocycles. The van der Waals surface area contributed by atoms with Crippen molar-refractivity contribution < 1.29 is 56.9 Å². The second kappa shape index (κ2) is 6.85. The first kappa shape index (κ1) is 18.6. The van der Waals surface area contributed by atoms with E-state index in [0.29, 0.717) is 0 Å². The molecule has 104 valence electrons. The highest BCUT2D eigenvalue weighted by molar-refractivity contribution is 5.27. The molecule has 0 aromatic heterocycles. The van der Waals surface area contributed by atoms with E-state index in [0.717, 1.165) is 4.48 Å². The van der Waals surface area contributed by atoms with Gasteiger partial charge in [0.25, 0.3) is 0 Å². The van der Waals surface area contributed by atoms with Crippen molar-refractivity contribution in [1.82, 2.24) is 0 Å². The standard InChI is InChI=1S/C14H24N2.2HI/c1-15(2,3)9-10-16(4)11-13-7-5-6-8-14(13)12-16;;/h5-8H,9-12H2,1-4H3;2*1H/q+2;;/p-2. The van der Waals surface area contributed by atoms with Gasteiger partial charge in [0.05, 0.1) is 28.2 Å². The number of hydrogen-bond acceptors (Lipinski definition) is 0. The smallest absolute Gasteiger partial charge is 0.129 e. The van der Waals surface area contributed by atoms with E-state index >= 15 is 0 Å². The third-order valence-electron chi connectivity index (χ3n) is 3.53. The molecular weight excluding hydrogens is 450 g/mol. The molecule has 0 amide bonds. The fraction of sp³-hybridized carbons (Fsp3) is 0.571. The first-order valence-corrected chi connectivity index (χ1v) is 6.09. The Balaban J connectivity index is 0.00000144. The van der Waals surface area contributed by atoms with Crippen LogP contribution in [-0.2, 0) is 13.1 Å². The Morgan fingerprint density at radius 1 is 1.00 bits per heavy atom. The van der Waals surface area contributed by atoms with Crippen LogP contribution in [0.2, 0.25) is 0 Å². The van der Waals surface area contributed by atoms with E-state index in [1.165, 1.54) is 30.7 Å². The third kappa shape index (κ3) is 4.94. The monoisotopic (exact) mass is 474 g/mol. The minimum Gasteiger partial charge on any atom is -1.00 e. The van der Waals surface area contributed by atoms with Crippen molar-refractivity contribution in [2.24, 2.45) is 0 Å². The first-order valence-electron chi connectivity index (χ1n) is 6.09. The van der Waals surface area contributed by atoms with Crippen molar-refractivity contribution in [3.63, 3.8) is 0 Å². The van der Waals surface area contributed by atoms with Gasteiger partial charge in [0.2, 0.25) is 0 Å². The van der Waals surface area contributed by atoms with Gasteiger partial charge >= 0.3 is 0 Å². The number of hydrogen-bond donors (Lipinski definition) is 0.